The second kappa shape index (κ2) is 7.36. The summed E-state index contributed by atoms with van der Waals surface area (Å²) in [6.07, 6.45) is 4.85. The van der Waals surface area contributed by atoms with Gasteiger partial charge in [0, 0.05) is 18.9 Å². The highest BCUT2D eigenvalue weighted by Gasteiger charge is 2.07. The molecule has 1 aromatic rings. The molecule has 3 heteroatoms. The number of rotatable bonds is 7. The van der Waals surface area contributed by atoms with Gasteiger partial charge in [-0.15, -0.1) is 0 Å². The molecular weight excluding hydrogens is 200 g/mol. The van der Waals surface area contributed by atoms with Crippen molar-refractivity contribution in [1.82, 2.24) is 9.88 Å². The van der Waals surface area contributed by atoms with Gasteiger partial charge in [0.15, 0.2) is 0 Å². The topological polar surface area (TPSA) is 36.4 Å². The molecule has 1 heterocycles. The van der Waals surface area contributed by atoms with Gasteiger partial charge in [-0.2, -0.15) is 0 Å². The molecule has 0 fully saturated rings. The van der Waals surface area contributed by atoms with Gasteiger partial charge >= 0.3 is 0 Å². The van der Waals surface area contributed by atoms with E-state index in [0.717, 1.165) is 31.6 Å². The number of pyridine rings is 1. The zero-order chi connectivity index (χ0) is 11.8. The summed E-state index contributed by atoms with van der Waals surface area (Å²) in [6.45, 7) is 7.37. The van der Waals surface area contributed by atoms with E-state index in [1.165, 1.54) is 0 Å². The summed E-state index contributed by atoms with van der Waals surface area (Å²) in [4.78, 5) is 6.37. The predicted octanol–water partition coefficient (Wildman–Crippen LogP) is 1.72. The van der Waals surface area contributed by atoms with Crippen molar-refractivity contribution in [3.8, 4) is 0 Å². The number of aliphatic hydroxyl groups excluding tert-OH is 1. The molecule has 1 unspecified atom stereocenters. The van der Waals surface area contributed by atoms with Gasteiger partial charge in [-0.1, -0.05) is 19.9 Å². The molecule has 0 spiro atoms. The maximum Gasteiger partial charge on any atom is 0.0593 e. The molecule has 0 amide bonds. The molecule has 0 aliphatic heterocycles. The van der Waals surface area contributed by atoms with E-state index in [-0.39, 0.29) is 6.10 Å². The predicted molar refractivity (Wildman–Crippen MR) is 66.4 cm³/mol. The number of nitrogens with zero attached hydrogens (tertiary/aromatic N) is 2. The van der Waals surface area contributed by atoms with Crippen molar-refractivity contribution in [1.29, 1.82) is 0 Å². The van der Waals surface area contributed by atoms with Crippen molar-refractivity contribution in [3.63, 3.8) is 0 Å². The summed E-state index contributed by atoms with van der Waals surface area (Å²) in [7, 11) is 0. The third-order valence-corrected chi connectivity index (χ3v) is 2.87. The van der Waals surface area contributed by atoms with Crippen molar-refractivity contribution < 1.29 is 5.11 Å². The SMILES string of the molecule is CCN(CC)CCC(O)Cc1cccnc1. The fraction of sp³-hybridized carbons (Fsp3) is 0.615. The van der Waals surface area contributed by atoms with Crippen LogP contribution in [0.5, 0.6) is 0 Å². The first-order valence-electron chi connectivity index (χ1n) is 6.05. The van der Waals surface area contributed by atoms with E-state index in [1.807, 2.05) is 18.3 Å². The summed E-state index contributed by atoms with van der Waals surface area (Å²) in [5, 5.41) is 9.89. The Bertz CT molecular complexity index is 273. The van der Waals surface area contributed by atoms with E-state index in [1.54, 1.807) is 6.20 Å². The first-order chi connectivity index (χ1) is 7.76. The molecule has 90 valence electrons. The molecule has 1 aromatic heterocycles. The Morgan fingerprint density at radius 3 is 2.69 bits per heavy atom. The van der Waals surface area contributed by atoms with E-state index in [4.69, 9.17) is 0 Å². The molecular formula is C13H22N2O. The lowest BCUT2D eigenvalue weighted by Crippen LogP contribution is -2.27. The number of aromatic nitrogens is 1. The van der Waals surface area contributed by atoms with Crippen molar-refractivity contribution in [2.45, 2.75) is 32.8 Å². The van der Waals surface area contributed by atoms with Crippen molar-refractivity contribution in [2.24, 2.45) is 0 Å². The molecule has 0 saturated heterocycles. The minimum absolute atomic E-state index is 0.259. The van der Waals surface area contributed by atoms with Gasteiger partial charge in [-0.25, -0.2) is 0 Å². The van der Waals surface area contributed by atoms with Crippen molar-refractivity contribution in [3.05, 3.63) is 30.1 Å². The fourth-order valence-electron chi connectivity index (χ4n) is 1.76. The molecule has 1 N–H and O–H groups in total. The normalized spacial score (nSPS) is 13.0. The van der Waals surface area contributed by atoms with E-state index in [9.17, 15) is 5.11 Å². The van der Waals surface area contributed by atoms with E-state index in [0.29, 0.717) is 6.42 Å². The summed E-state index contributed by atoms with van der Waals surface area (Å²) in [6, 6.07) is 3.92. The van der Waals surface area contributed by atoms with E-state index < -0.39 is 0 Å². The molecule has 16 heavy (non-hydrogen) atoms. The minimum atomic E-state index is -0.259. The van der Waals surface area contributed by atoms with Crippen molar-refractivity contribution in [2.75, 3.05) is 19.6 Å². The zero-order valence-electron chi connectivity index (χ0n) is 10.3. The van der Waals surface area contributed by atoms with Crippen molar-refractivity contribution >= 4 is 0 Å². The van der Waals surface area contributed by atoms with Gasteiger partial charge in [0.25, 0.3) is 0 Å². The Balaban J connectivity index is 2.28. The van der Waals surface area contributed by atoms with Crippen LogP contribution in [0.2, 0.25) is 0 Å². The van der Waals surface area contributed by atoms with Gasteiger partial charge in [-0.3, -0.25) is 4.98 Å². The van der Waals surface area contributed by atoms with Crippen LogP contribution in [0.15, 0.2) is 24.5 Å². The van der Waals surface area contributed by atoms with Crippen LogP contribution < -0.4 is 0 Å². The Morgan fingerprint density at radius 1 is 1.38 bits per heavy atom. The smallest absolute Gasteiger partial charge is 0.0593 e. The average molecular weight is 222 g/mol. The molecule has 0 aromatic carbocycles. The lowest BCUT2D eigenvalue weighted by Gasteiger charge is -2.19. The molecule has 0 aliphatic carbocycles. The Labute approximate surface area is 98.1 Å². The molecule has 3 nitrogen and oxygen atoms in total. The highest BCUT2D eigenvalue weighted by molar-refractivity contribution is 5.09. The van der Waals surface area contributed by atoms with Gasteiger partial charge < -0.3 is 10.0 Å². The first-order valence-corrected chi connectivity index (χ1v) is 6.05. The van der Waals surface area contributed by atoms with Gasteiger partial charge in [0.1, 0.15) is 0 Å². The lowest BCUT2D eigenvalue weighted by molar-refractivity contribution is 0.143. The fourth-order valence-corrected chi connectivity index (χ4v) is 1.76. The van der Waals surface area contributed by atoms with Crippen LogP contribution in [0.1, 0.15) is 25.8 Å². The second-order valence-electron chi connectivity index (χ2n) is 4.03. The van der Waals surface area contributed by atoms with Crippen LogP contribution in [-0.4, -0.2) is 40.7 Å². The molecule has 1 rings (SSSR count). The average Bonchev–Trinajstić information content (AvgIpc) is 2.31. The zero-order valence-corrected chi connectivity index (χ0v) is 10.3. The highest BCUT2D eigenvalue weighted by atomic mass is 16.3. The van der Waals surface area contributed by atoms with Crippen LogP contribution in [-0.2, 0) is 6.42 Å². The highest BCUT2D eigenvalue weighted by Crippen LogP contribution is 2.05. The van der Waals surface area contributed by atoms with Gasteiger partial charge in [0.2, 0.25) is 0 Å². The molecule has 0 bridgehead atoms. The van der Waals surface area contributed by atoms with E-state index in [2.05, 4.69) is 23.7 Å². The van der Waals surface area contributed by atoms with E-state index >= 15 is 0 Å². The number of aliphatic hydroxyl groups is 1. The summed E-state index contributed by atoms with van der Waals surface area (Å²) in [5.41, 5.74) is 1.11. The van der Waals surface area contributed by atoms with Gasteiger partial charge in [-0.05, 0) is 37.6 Å². The maximum atomic E-state index is 9.89. The molecule has 0 saturated carbocycles. The van der Waals surface area contributed by atoms with Crippen LogP contribution in [0.3, 0.4) is 0 Å². The summed E-state index contributed by atoms with van der Waals surface area (Å²) in [5.74, 6) is 0. The summed E-state index contributed by atoms with van der Waals surface area (Å²) >= 11 is 0. The molecule has 0 aliphatic rings. The third kappa shape index (κ3) is 4.73. The minimum Gasteiger partial charge on any atom is -0.393 e. The maximum absolute atomic E-state index is 9.89. The number of hydrogen-bond donors (Lipinski definition) is 1. The Hall–Kier alpha value is -0.930. The molecule has 1 atom stereocenters. The Morgan fingerprint density at radius 2 is 2.12 bits per heavy atom. The number of hydrogen-bond acceptors (Lipinski definition) is 3. The first kappa shape index (κ1) is 13.1. The standard InChI is InChI=1S/C13H22N2O/c1-3-15(4-2)9-7-13(16)10-12-6-5-8-14-11-12/h5-6,8,11,13,16H,3-4,7,9-10H2,1-2H3. The van der Waals surface area contributed by atoms with Crippen LogP contribution >= 0.6 is 0 Å². The second-order valence-corrected chi connectivity index (χ2v) is 4.03. The van der Waals surface area contributed by atoms with Crippen LogP contribution in [0.4, 0.5) is 0 Å². The Kier molecular flexibility index (Phi) is 6.04. The quantitative estimate of drug-likeness (QED) is 0.763. The van der Waals surface area contributed by atoms with Crippen LogP contribution in [0, 0.1) is 0 Å². The van der Waals surface area contributed by atoms with Crippen LogP contribution in [0.25, 0.3) is 0 Å². The van der Waals surface area contributed by atoms with Gasteiger partial charge in [0.05, 0.1) is 6.10 Å². The monoisotopic (exact) mass is 222 g/mol. The summed E-state index contributed by atoms with van der Waals surface area (Å²) < 4.78 is 0. The third-order valence-electron chi connectivity index (χ3n) is 2.87. The molecule has 0 radical (unpaired) electrons. The lowest BCUT2D eigenvalue weighted by atomic mass is 10.1. The largest absolute Gasteiger partial charge is 0.393 e.